The topological polar surface area (TPSA) is 66.8 Å². The van der Waals surface area contributed by atoms with Crippen LogP contribution in [-0.4, -0.2) is 56.0 Å². The minimum atomic E-state index is -3.27. The highest BCUT2D eigenvalue weighted by Crippen LogP contribution is 2.35. The standard InChI is InChI=1S/C15H23NO4S2/c17-10-13-8-16(9-15(13)12-3-6-21-11-12)22(18,19)7-4-14-2-1-5-20-14/h3,6,11,13-15,17H,1-2,4-5,7-10H2/t13-,14+,15+/m1/s1. The Bertz CT molecular complexity index is 566. The van der Waals surface area contributed by atoms with E-state index < -0.39 is 10.0 Å². The molecule has 2 fully saturated rings. The summed E-state index contributed by atoms with van der Waals surface area (Å²) < 4.78 is 32.2. The van der Waals surface area contributed by atoms with E-state index in [-0.39, 0.29) is 30.3 Å². The summed E-state index contributed by atoms with van der Waals surface area (Å²) >= 11 is 1.61. The molecule has 0 saturated carbocycles. The van der Waals surface area contributed by atoms with Gasteiger partial charge in [0.25, 0.3) is 0 Å². The summed E-state index contributed by atoms with van der Waals surface area (Å²) in [6, 6.07) is 2.03. The molecule has 0 aromatic carbocycles. The van der Waals surface area contributed by atoms with Crippen molar-refractivity contribution < 1.29 is 18.3 Å². The zero-order valence-corrected chi connectivity index (χ0v) is 14.2. The Morgan fingerprint density at radius 1 is 1.41 bits per heavy atom. The van der Waals surface area contributed by atoms with Crippen molar-refractivity contribution in [3.8, 4) is 0 Å². The molecule has 3 rings (SSSR count). The van der Waals surface area contributed by atoms with Crippen LogP contribution in [0.3, 0.4) is 0 Å². The van der Waals surface area contributed by atoms with Crippen molar-refractivity contribution in [3.05, 3.63) is 22.4 Å². The molecule has 22 heavy (non-hydrogen) atoms. The lowest BCUT2D eigenvalue weighted by Crippen LogP contribution is -2.32. The molecule has 7 heteroatoms. The summed E-state index contributed by atoms with van der Waals surface area (Å²) in [5.41, 5.74) is 1.14. The van der Waals surface area contributed by atoms with Crippen molar-refractivity contribution in [1.82, 2.24) is 4.31 Å². The minimum absolute atomic E-state index is 0.00731. The number of aliphatic hydroxyl groups excluding tert-OH is 1. The molecule has 1 aromatic rings. The zero-order chi connectivity index (χ0) is 15.6. The average molecular weight is 345 g/mol. The number of thiophene rings is 1. The molecule has 0 aliphatic carbocycles. The lowest BCUT2D eigenvalue weighted by molar-refractivity contribution is 0.108. The van der Waals surface area contributed by atoms with E-state index >= 15 is 0 Å². The fraction of sp³-hybridized carbons (Fsp3) is 0.733. The number of aliphatic hydroxyl groups is 1. The lowest BCUT2D eigenvalue weighted by Gasteiger charge is -2.17. The van der Waals surface area contributed by atoms with Crippen LogP contribution in [0.25, 0.3) is 0 Å². The Kier molecular flexibility index (Phi) is 5.19. The van der Waals surface area contributed by atoms with Gasteiger partial charge < -0.3 is 9.84 Å². The van der Waals surface area contributed by atoms with Gasteiger partial charge >= 0.3 is 0 Å². The second-order valence-electron chi connectivity index (χ2n) is 6.16. The van der Waals surface area contributed by atoms with Crippen LogP contribution in [-0.2, 0) is 14.8 Å². The first-order valence-corrected chi connectivity index (χ1v) is 10.4. The van der Waals surface area contributed by atoms with Crippen LogP contribution in [0.2, 0.25) is 0 Å². The summed E-state index contributed by atoms with van der Waals surface area (Å²) in [5.74, 6) is 0.243. The molecule has 0 radical (unpaired) electrons. The largest absolute Gasteiger partial charge is 0.396 e. The first kappa shape index (κ1) is 16.4. The maximum absolute atomic E-state index is 12.6. The van der Waals surface area contributed by atoms with Crippen LogP contribution < -0.4 is 0 Å². The molecule has 1 N–H and O–H groups in total. The van der Waals surface area contributed by atoms with Crippen molar-refractivity contribution in [1.29, 1.82) is 0 Å². The Balaban J connectivity index is 1.63. The number of hydrogen-bond acceptors (Lipinski definition) is 5. The normalized spacial score (nSPS) is 30.1. The zero-order valence-electron chi connectivity index (χ0n) is 12.6. The molecular formula is C15H23NO4S2. The molecule has 2 aliphatic rings. The van der Waals surface area contributed by atoms with Gasteiger partial charge in [0.05, 0.1) is 11.9 Å². The molecule has 0 bridgehead atoms. The minimum Gasteiger partial charge on any atom is -0.396 e. The molecule has 0 amide bonds. The molecule has 2 saturated heterocycles. The van der Waals surface area contributed by atoms with Crippen molar-refractivity contribution >= 4 is 21.4 Å². The van der Waals surface area contributed by atoms with Gasteiger partial charge in [-0.3, -0.25) is 0 Å². The fourth-order valence-corrected chi connectivity index (χ4v) is 5.74. The molecule has 2 aliphatic heterocycles. The third-order valence-electron chi connectivity index (χ3n) is 4.73. The highest BCUT2D eigenvalue weighted by molar-refractivity contribution is 7.89. The van der Waals surface area contributed by atoms with Gasteiger partial charge in [0, 0.05) is 38.1 Å². The van der Waals surface area contributed by atoms with Crippen molar-refractivity contribution in [2.75, 3.05) is 32.1 Å². The molecule has 3 atom stereocenters. The number of sulfonamides is 1. The molecule has 5 nitrogen and oxygen atoms in total. The summed E-state index contributed by atoms with van der Waals surface area (Å²) in [7, 11) is -3.27. The second kappa shape index (κ2) is 6.97. The van der Waals surface area contributed by atoms with Crippen LogP contribution in [0.1, 0.15) is 30.7 Å². The summed E-state index contributed by atoms with van der Waals surface area (Å²) in [4.78, 5) is 0. The Labute approximate surface area is 136 Å². The van der Waals surface area contributed by atoms with E-state index in [9.17, 15) is 13.5 Å². The predicted molar refractivity (Wildman–Crippen MR) is 86.6 cm³/mol. The first-order valence-electron chi connectivity index (χ1n) is 7.82. The van der Waals surface area contributed by atoms with Crippen LogP contribution in [0.15, 0.2) is 16.8 Å². The van der Waals surface area contributed by atoms with Gasteiger partial charge in [0.1, 0.15) is 0 Å². The monoisotopic (exact) mass is 345 g/mol. The van der Waals surface area contributed by atoms with Gasteiger partial charge in [0.15, 0.2) is 0 Å². The summed E-state index contributed by atoms with van der Waals surface area (Å²) in [6.45, 7) is 1.68. The van der Waals surface area contributed by atoms with E-state index in [1.807, 2.05) is 11.4 Å². The molecule has 0 unspecified atom stereocenters. The van der Waals surface area contributed by atoms with Crippen LogP contribution in [0.5, 0.6) is 0 Å². The van der Waals surface area contributed by atoms with E-state index in [0.717, 1.165) is 25.0 Å². The van der Waals surface area contributed by atoms with Gasteiger partial charge in [-0.1, -0.05) is 0 Å². The third-order valence-corrected chi connectivity index (χ3v) is 7.27. The lowest BCUT2D eigenvalue weighted by atomic mass is 9.92. The second-order valence-corrected chi connectivity index (χ2v) is 9.03. The SMILES string of the molecule is O=S(=O)(CC[C@@H]1CCCO1)N1C[C@H](CO)[C@H](c2ccsc2)C1. The summed E-state index contributed by atoms with van der Waals surface area (Å²) in [6.07, 6.45) is 2.66. The number of hydrogen-bond donors (Lipinski definition) is 1. The van der Waals surface area contributed by atoms with Crippen molar-refractivity contribution in [2.24, 2.45) is 5.92 Å². The summed E-state index contributed by atoms with van der Waals surface area (Å²) in [5, 5.41) is 13.6. The van der Waals surface area contributed by atoms with E-state index in [4.69, 9.17) is 4.74 Å². The van der Waals surface area contributed by atoms with Crippen LogP contribution in [0.4, 0.5) is 0 Å². The third kappa shape index (κ3) is 3.54. The van der Waals surface area contributed by atoms with Crippen molar-refractivity contribution in [3.63, 3.8) is 0 Å². The predicted octanol–water partition coefficient (Wildman–Crippen LogP) is 1.65. The quantitative estimate of drug-likeness (QED) is 0.851. The number of nitrogens with zero attached hydrogens (tertiary/aromatic N) is 1. The Hall–Kier alpha value is -0.470. The molecule has 124 valence electrons. The van der Waals surface area contributed by atoms with E-state index in [0.29, 0.717) is 19.5 Å². The van der Waals surface area contributed by atoms with Crippen LogP contribution >= 0.6 is 11.3 Å². The molecule has 0 spiro atoms. The molecular weight excluding hydrogens is 322 g/mol. The van der Waals surface area contributed by atoms with Crippen LogP contribution in [0, 0.1) is 5.92 Å². The van der Waals surface area contributed by atoms with Crippen molar-refractivity contribution in [2.45, 2.75) is 31.3 Å². The first-order chi connectivity index (χ1) is 10.6. The number of rotatable bonds is 6. The Morgan fingerprint density at radius 3 is 2.91 bits per heavy atom. The van der Waals surface area contributed by atoms with E-state index in [1.165, 1.54) is 0 Å². The van der Waals surface area contributed by atoms with Gasteiger partial charge in [-0.15, -0.1) is 0 Å². The Morgan fingerprint density at radius 2 is 2.27 bits per heavy atom. The number of ether oxygens (including phenoxy) is 1. The highest BCUT2D eigenvalue weighted by atomic mass is 32.2. The van der Waals surface area contributed by atoms with Gasteiger partial charge in [-0.25, -0.2) is 12.7 Å². The smallest absolute Gasteiger partial charge is 0.214 e. The van der Waals surface area contributed by atoms with E-state index in [1.54, 1.807) is 15.6 Å². The molecule has 1 aromatic heterocycles. The molecule has 3 heterocycles. The highest BCUT2D eigenvalue weighted by Gasteiger charge is 2.39. The maximum Gasteiger partial charge on any atom is 0.214 e. The maximum atomic E-state index is 12.6. The fourth-order valence-electron chi connectivity index (χ4n) is 3.39. The van der Waals surface area contributed by atoms with Gasteiger partial charge in [-0.2, -0.15) is 11.3 Å². The van der Waals surface area contributed by atoms with Gasteiger partial charge in [-0.05, 0) is 41.7 Å². The van der Waals surface area contributed by atoms with Gasteiger partial charge in [0.2, 0.25) is 10.0 Å². The average Bonchev–Trinajstić information content (AvgIpc) is 3.23. The van der Waals surface area contributed by atoms with E-state index in [2.05, 4.69) is 5.38 Å².